The number of hydrogen-bond acceptors (Lipinski definition) is 5. The number of ether oxygens (including phenoxy) is 1. The van der Waals surface area contributed by atoms with Gasteiger partial charge in [-0.15, -0.1) is 0 Å². The van der Waals surface area contributed by atoms with Crippen molar-refractivity contribution < 1.29 is 19.4 Å². The maximum atomic E-state index is 13.0. The minimum absolute atomic E-state index is 0.129. The summed E-state index contributed by atoms with van der Waals surface area (Å²) in [4.78, 5) is 29.6. The summed E-state index contributed by atoms with van der Waals surface area (Å²) in [6.45, 7) is 5.63. The molecule has 3 rings (SSSR count). The van der Waals surface area contributed by atoms with Crippen molar-refractivity contribution in [3.63, 3.8) is 0 Å². The van der Waals surface area contributed by atoms with Crippen molar-refractivity contribution in [3.05, 3.63) is 70.8 Å². The van der Waals surface area contributed by atoms with Gasteiger partial charge in [0.1, 0.15) is 11.5 Å². The topological polar surface area (TPSA) is 70.1 Å². The zero-order chi connectivity index (χ0) is 22.5. The first-order chi connectivity index (χ1) is 14.8. The number of aliphatic hydroxyl groups excluding tert-OH is 1. The maximum absolute atomic E-state index is 13.0. The molecule has 1 aliphatic heterocycles. The van der Waals surface area contributed by atoms with Crippen molar-refractivity contribution in [1.29, 1.82) is 0 Å². The normalized spacial score (nSPS) is 18.1. The van der Waals surface area contributed by atoms with Gasteiger partial charge in [0.05, 0.1) is 18.2 Å². The number of carbonyl (C=O) groups excluding carboxylic acids is 2. The number of nitrogens with zero attached hydrogens (tertiary/aromatic N) is 2. The highest BCUT2D eigenvalue weighted by molar-refractivity contribution is 6.46. The molecule has 0 radical (unpaired) electrons. The second-order valence-electron chi connectivity index (χ2n) is 8.02. The molecule has 6 heteroatoms. The van der Waals surface area contributed by atoms with Gasteiger partial charge in [-0.25, -0.2) is 0 Å². The van der Waals surface area contributed by atoms with E-state index in [4.69, 9.17) is 4.74 Å². The van der Waals surface area contributed by atoms with Crippen LogP contribution in [0, 0.1) is 6.92 Å². The van der Waals surface area contributed by atoms with Gasteiger partial charge in [-0.1, -0.05) is 29.8 Å². The van der Waals surface area contributed by atoms with Gasteiger partial charge >= 0.3 is 0 Å². The summed E-state index contributed by atoms with van der Waals surface area (Å²) in [6, 6.07) is 14.0. The van der Waals surface area contributed by atoms with E-state index in [1.807, 2.05) is 57.1 Å². The number of hydrogen-bond donors (Lipinski definition) is 1. The molecular weight excluding hydrogens is 392 g/mol. The van der Waals surface area contributed by atoms with Crippen molar-refractivity contribution >= 4 is 17.4 Å². The first-order valence-electron chi connectivity index (χ1n) is 10.6. The lowest BCUT2D eigenvalue weighted by atomic mass is 9.94. The van der Waals surface area contributed by atoms with E-state index in [2.05, 4.69) is 0 Å². The molecule has 1 amide bonds. The maximum Gasteiger partial charge on any atom is 0.295 e. The van der Waals surface area contributed by atoms with E-state index in [0.717, 1.165) is 24.1 Å². The number of benzene rings is 2. The van der Waals surface area contributed by atoms with Crippen LogP contribution in [0.2, 0.25) is 0 Å². The third-order valence-electron chi connectivity index (χ3n) is 5.34. The van der Waals surface area contributed by atoms with Gasteiger partial charge in [0, 0.05) is 12.1 Å². The van der Waals surface area contributed by atoms with Gasteiger partial charge in [-0.2, -0.15) is 0 Å². The van der Waals surface area contributed by atoms with Gasteiger partial charge in [0.25, 0.3) is 11.7 Å². The molecule has 1 N–H and O–H groups in total. The molecule has 1 unspecified atom stereocenters. The van der Waals surface area contributed by atoms with Crippen molar-refractivity contribution in [2.24, 2.45) is 0 Å². The zero-order valence-corrected chi connectivity index (χ0v) is 18.6. The van der Waals surface area contributed by atoms with E-state index >= 15 is 0 Å². The van der Waals surface area contributed by atoms with Crippen LogP contribution in [0.15, 0.2) is 54.1 Å². The van der Waals surface area contributed by atoms with E-state index < -0.39 is 17.7 Å². The summed E-state index contributed by atoms with van der Waals surface area (Å²) in [7, 11) is 3.94. The molecular formula is C25H30N2O4. The molecule has 1 fully saturated rings. The number of rotatable bonds is 8. The molecule has 0 aromatic heterocycles. The molecule has 0 saturated carbocycles. The number of aliphatic hydroxyl groups is 1. The van der Waals surface area contributed by atoms with Gasteiger partial charge in [-0.3, -0.25) is 9.59 Å². The predicted molar refractivity (Wildman–Crippen MR) is 121 cm³/mol. The molecule has 0 aliphatic carbocycles. The average molecular weight is 423 g/mol. The molecule has 31 heavy (non-hydrogen) atoms. The third kappa shape index (κ3) is 4.97. The van der Waals surface area contributed by atoms with Crippen LogP contribution in [0.25, 0.3) is 5.76 Å². The number of aryl methyl sites for hydroxylation is 1. The Labute approximate surface area is 183 Å². The first-order valence-corrected chi connectivity index (χ1v) is 10.6. The van der Waals surface area contributed by atoms with Crippen LogP contribution in [0.1, 0.15) is 36.1 Å². The van der Waals surface area contributed by atoms with Crippen molar-refractivity contribution in [2.45, 2.75) is 26.3 Å². The summed E-state index contributed by atoms with van der Waals surface area (Å²) in [5.74, 6) is -0.707. The summed E-state index contributed by atoms with van der Waals surface area (Å²) >= 11 is 0. The van der Waals surface area contributed by atoms with E-state index in [1.165, 1.54) is 0 Å². The minimum atomic E-state index is -0.650. The Morgan fingerprint density at radius 1 is 1.13 bits per heavy atom. The second kappa shape index (κ2) is 9.79. The van der Waals surface area contributed by atoms with Crippen LogP contribution in [-0.2, 0) is 9.59 Å². The summed E-state index contributed by atoms with van der Waals surface area (Å²) in [6.07, 6.45) is 0.728. The Morgan fingerprint density at radius 2 is 1.84 bits per heavy atom. The Bertz CT molecular complexity index is 979. The van der Waals surface area contributed by atoms with Crippen LogP contribution in [0.4, 0.5) is 0 Å². The second-order valence-corrected chi connectivity index (χ2v) is 8.02. The highest BCUT2D eigenvalue weighted by Crippen LogP contribution is 2.39. The van der Waals surface area contributed by atoms with Crippen molar-refractivity contribution in [1.82, 2.24) is 9.80 Å². The van der Waals surface area contributed by atoms with Gasteiger partial charge in [0.15, 0.2) is 0 Å². The Hall–Kier alpha value is -3.12. The van der Waals surface area contributed by atoms with Crippen LogP contribution in [-0.4, -0.2) is 60.4 Å². The standard InChI is InChI=1S/C25H30N2O4/c1-5-31-20-12-10-18(11-13-20)23(28)21-22(19-9-6-8-17(2)16-19)27(25(30)24(21)29)15-7-14-26(3)4/h6,8-13,16,22,28H,5,7,14-15H2,1-4H3/b23-21-. The molecule has 2 aromatic rings. The molecule has 0 bridgehead atoms. The number of likely N-dealkylation sites (tertiary alicyclic amines) is 1. The Morgan fingerprint density at radius 3 is 2.45 bits per heavy atom. The zero-order valence-electron chi connectivity index (χ0n) is 18.6. The average Bonchev–Trinajstić information content (AvgIpc) is 2.99. The smallest absolute Gasteiger partial charge is 0.295 e. The fourth-order valence-corrected chi connectivity index (χ4v) is 3.89. The molecule has 1 atom stereocenters. The van der Waals surface area contributed by atoms with Crippen LogP contribution >= 0.6 is 0 Å². The summed E-state index contributed by atoms with van der Waals surface area (Å²) < 4.78 is 5.46. The molecule has 1 saturated heterocycles. The lowest BCUT2D eigenvalue weighted by Crippen LogP contribution is -2.32. The van der Waals surface area contributed by atoms with Crippen LogP contribution in [0.3, 0.4) is 0 Å². The van der Waals surface area contributed by atoms with E-state index in [9.17, 15) is 14.7 Å². The third-order valence-corrected chi connectivity index (χ3v) is 5.34. The Balaban J connectivity index is 2.05. The quantitative estimate of drug-likeness (QED) is 0.398. The Kier molecular flexibility index (Phi) is 7.13. The number of carbonyl (C=O) groups is 2. The van der Waals surface area contributed by atoms with Crippen LogP contribution in [0.5, 0.6) is 5.75 Å². The van der Waals surface area contributed by atoms with Crippen LogP contribution < -0.4 is 4.74 Å². The lowest BCUT2D eigenvalue weighted by molar-refractivity contribution is -0.139. The van der Waals surface area contributed by atoms with E-state index in [0.29, 0.717) is 24.5 Å². The van der Waals surface area contributed by atoms with Gasteiger partial charge in [0.2, 0.25) is 0 Å². The highest BCUT2D eigenvalue weighted by atomic mass is 16.5. The number of Topliss-reactive ketones (excluding diaryl/α,β-unsaturated/α-hetero) is 1. The molecule has 1 heterocycles. The fourth-order valence-electron chi connectivity index (χ4n) is 3.89. The monoisotopic (exact) mass is 422 g/mol. The molecule has 0 spiro atoms. The first kappa shape index (κ1) is 22.6. The van der Waals surface area contributed by atoms with Crippen molar-refractivity contribution in [2.75, 3.05) is 33.8 Å². The predicted octanol–water partition coefficient (Wildman–Crippen LogP) is 3.77. The molecule has 1 aliphatic rings. The summed E-state index contributed by atoms with van der Waals surface area (Å²) in [5, 5.41) is 11.1. The van der Waals surface area contributed by atoms with Gasteiger partial charge < -0.3 is 19.6 Å². The number of amides is 1. The van der Waals surface area contributed by atoms with Crippen molar-refractivity contribution in [3.8, 4) is 5.75 Å². The largest absolute Gasteiger partial charge is 0.507 e. The number of ketones is 1. The molecule has 164 valence electrons. The SMILES string of the molecule is CCOc1ccc(/C(O)=C2/C(=O)C(=O)N(CCCN(C)C)C2c2cccc(C)c2)cc1. The highest BCUT2D eigenvalue weighted by Gasteiger charge is 2.45. The molecule has 2 aromatic carbocycles. The van der Waals surface area contributed by atoms with Gasteiger partial charge in [-0.05, 0) is 70.7 Å². The molecule has 6 nitrogen and oxygen atoms in total. The van der Waals surface area contributed by atoms with E-state index in [-0.39, 0.29) is 11.3 Å². The minimum Gasteiger partial charge on any atom is -0.507 e. The summed E-state index contributed by atoms with van der Waals surface area (Å²) in [5.41, 5.74) is 2.45. The van der Waals surface area contributed by atoms with E-state index in [1.54, 1.807) is 29.2 Å². The lowest BCUT2D eigenvalue weighted by Gasteiger charge is -2.26. The fraction of sp³-hybridized carbons (Fsp3) is 0.360.